The van der Waals surface area contributed by atoms with Crippen molar-refractivity contribution < 1.29 is 15.0 Å². The molecule has 1 aromatic rings. The van der Waals surface area contributed by atoms with Gasteiger partial charge in [0.1, 0.15) is 5.75 Å². The smallest absolute Gasteiger partial charge is 0.252 e. The van der Waals surface area contributed by atoms with Crippen molar-refractivity contribution in [2.45, 2.75) is 19.3 Å². The maximum Gasteiger partial charge on any atom is 0.252 e. The number of phenols is 1. The van der Waals surface area contributed by atoms with E-state index < -0.39 is 0 Å². The summed E-state index contributed by atoms with van der Waals surface area (Å²) in [6.07, 6.45) is 3.14. The first-order valence-corrected chi connectivity index (χ1v) is 6.87. The Bertz CT molecular complexity index is 464. The number of carbonyl (C=O) groups is 1. The summed E-state index contributed by atoms with van der Waals surface area (Å²) >= 11 is 5.93. The third-order valence-electron chi connectivity index (χ3n) is 3.77. The van der Waals surface area contributed by atoms with E-state index in [0.29, 0.717) is 17.5 Å². The van der Waals surface area contributed by atoms with Crippen LogP contribution >= 0.6 is 11.6 Å². The number of benzene rings is 1. The maximum absolute atomic E-state index is 12.0. The largest absolute Gasteiger partial charge is 0.508 e. The zero-order chi connectivity index (χ0) is 13.8. The van der Waals surface area contributed by atoms with Gasteiger partial charge in [0.25, 0.3) is 5.91 Å². The Kier molecular flexibility index (Phi) is 4.66. The fourth-order valence-electron chi connectivity index (χ4n) is 2.63. The van der Waals surface area contributed by atoms with Crippen LogP contribution in [-0.2, 0) is 0 Å². The average Bonchev–Trinajstić information content (AvgIpc) is 2.86. The van der Waals surface area contributed by atoms with Crippen LogP contribution in [0.25, 0.3) is 0 Å². The third-order valence-corrected chi connectivity index (χ3v) is 4.10. The number of nitrogens with one attached hydrogen (secondary N) is 1. The molecular weight excluding hydrogens is 266 g/mol. The van der Waals surface area contributed by atoms with E-state index in [1.807, 2.05) is 0 Å². The second-order valence-corrected chi connectivity index (χ2v) is 5.42. The molecule has 5 heteroatoms. The molecule has 0 saturated heterocycles. The number of hydrogen-bond donors (Lipinski definition) is 3. The van der Waals surface area contributed by atoms with Crippen LogP contribution in [0.1, 0.15) is 29.6 Å². The second-order valence-electron chi connectivity index (χ2n) is 5.01. The minimum atomic E-state index is -0.288. The first kappa shape index (κ1) is 14.2. The quantitative estimate of drug-likeness (QED) is 0.793. The molecule has 2 rings (SSSR count). The number of rotatable bonds is 4. The molecule has 19 heavy (non-hydrogen) atoms. The zero-order valence-electron chi connectivity index (χ0n) is 10.6. The van der Waals surface area contributed by atoms with Gasteiger partial charge in [0.05, 0.1) is 10.6 Å². The van der Waals surface area contributed by atoms with E-state index in [-0.39, 0.29) is 29.7 Å². The van der Waals surface area contributed by atoms with Gasteiger partial charge in [-0.15, -0.1) is 0 Å². The molecule has 0 aliphatic heterocycles. The molecule has 0 radical (unpaired) electrons. The van der Waals surface area contributed by atoms with Crippen LogP contribution in [0.2, 0.25) is 5.02 Å². The molecule has 0 heterocycles. The number of carbonyl (C=O) groups excluding carboxylic acids is 1. The van der Waals surface area contributed by atoms with Crippen LogP contribution in [-0.4, -0.2) is 29.3 Å². The highest BCUT2D eigenvalue weighted by Crippen LogP contribution is 2.30. The summed E-state index contributed by atoms with van der Waals surface area (Å²) in [7, 11) is 0. The molecule has 1 saturated carbocycles. The van der Waals surface area contributed by atoms with Crippen LogP contribution in [0, 0.1) is 11.8 Å². The van der Waals surface area contributed by atoms with Crippen molar-refractivity contribution in [2.24, 2.45) is 11.8 Å². The highest BCUT2D eigenvalue weighted by atomic mass is 35.5. The van der Waals surface area contributed by atoms with Gasteiger partial charge in [-0.2, -0.15) is 0 Å². The molecule has 1 fully saturated rings. The second kappa shape index (κ2) is 6.26. The molecule has 1 amide bonds. The fourth-order valence-corrected chi connectivity index (χ4v) is 2.83. The molecule has 3 N–H and O–H groups in total. The lowest BCUT2D eigenvalue weighted by molar-refractivity contribution is 0.0937. The standard InChI is InChI=1S/C14H18ClNO3/c15-13-5-4-11(18)6-12(13)14(19)16-7-9-2-1-3-10(9)8-17/h4-6,9-10,17-18H,1-3,7-8H2,(H,16,19). The number of amides is 1. The normalized spacial score (nSPS) is 22.4. The topological polar surface area (TPSA) is 69.6 Å². The zero-order valence-corrected chi connectivity index (χ0v) is 11.4. The number of aliphatic hydroxyl groups excluding tert-OH is 1. The summed E-state index contributed by atoms with van der Waals surface area (Å²) < 4.78 is 0. The number of aliphatic hydroxyl groups is 1. The highest BCUT2D eigenvalue weighted by molar-refractivity contribution is 6.33. The van der Waals surface area contributed by atoms with Gasteiger partial charge in [0.2, 0.25) is 0 Å². The highest BCUT2D eigenvalue weighted by Gasteiger charge is 2.27. The van der Waals surface area contributed by atoms with Gasteiger partial charge in [0.15, 0.2) is 0 Å². The Hall–Kier alpha value is -1.26. The Morgan fingerprint density at radius 3 is 2.84 bits per heavy atom. The molecule has 1 aliphatic carbocycles. The Balaban J connectivity index is 1.96. The van der Waals surface area contributed by atoms with Crippen molar-refractivity contribution in [3.05, 3.63) is 28.8 Å². The number of phenolic OH excluding ortho intramolecular Hbond substituents is 1. The summed E-state index contributed by atoms with van der Waals surface area (Å²) in [4.78, 5) is 12.0. The van der Waals surface area contributed by atoms with Crippen LogP contribution in [0.15, 0.2) is 18.2 Å². The van der Waals surface area contributed by atoms with E-state index in [1.165, 1.54) is 18.2 Å². The molecule has 0 spiro atoms. The number of aromatic hydroxyl groups is 1. The first-order valence-electron chi connectivity index (χ1n) is 6.49. The van der Waals surface area contributed by atoms with Crippen molar-refractivity contribution >= 4 is 17.5 Å². The lowest BCUT2D eigenvalue weighted by atomic mass is 9.97. The number of halogens is 1. The van der Waals surface area contributed by atoms with Crippen LogP contribution in [0.5, 0.6) is 5.75 Å². The summed E-state index contributed by atoms with van der Waals surface area (Å²) in [5.74, 6) is 0.332. The lowest BCUT2D eigenvalue weighted by Gasteiger charge is -2.18. The van der Waals surface area contributed by atoms with E-state index in [4.69, 9.17) is 11.6 Å². The van der Waals surface area contributed by atoms with E-state index in [1.54, 1.807) is 0 Å². The van der Waals surface area contributed by atoms with Crippen LogP contribution < -0.4 is 5.32 Å². The molecule has 104 valence electrons. The summed E-state index contributed by atoms with van der Waals surface area (Å²) in [6, 6.07) is 4.30. The van der Waals surface area contributed by atoms with Crippen molar-refractivity contribution in [1.29, 1.82) is 0 Å². The SMILES string of the molecule is O=C(NCC1CCCC1CO)c1cc(O)ccc1Cl. The predicted molar refractivity (Wildman–Crippen MR) is 73.4 cm³/mol. The molecule has 4 nitrogen and oxygen atoms in total. The van der Waals surface area contributed by atoms with Gasteiger partial charge in [-0.05, 0) is 42.9 Å². The minimum absolute atomic E-state index is 0.0173. The van der Waals surface area contributed by atoms with E-state index in [2.05, 4.69) is 5.32 Å². The Labute approximate surface area is 117 Å². The molecule has 2 atom stereocenters. The summed E-state index contributed by atoms with van der Waals surface area (Å²) in [5.41, 5.74) is 0.278. The third kappa shape index (κ3) is 3.39. The van der Waals surface area contributed by atoms with Crippen molar-refractivity contribution in [3.63, 3.8) is 0 Å². The lowest BCUT2D eigenvalue weighted by Crippen LogP contribution is -2.31. The van der Waals surface area contributed by atoms with Crippen molar-refractivity contribution in [2.75, 3.05) is 13.2 Å². The molecule has 1 aliphatic rings. The van der Waals surface area contributed by atoms with E-state index >= 15 is 0 Å². The van der Waals surface area contributed by atoms with Gasteiger partial charge < -0.3 is 15.5 Å². The van der Waals surface area contributed by atoms with Gasteiger partial charge in [0, 0.05) is 13.2 Å². The molecule has 2 unspecified atom stereocenters. The number of hydrogen-bond acceptors (Lipinski definition) is 3. The molecular formula is C14H18ClNO3. The Morgan fingerprint density at radius 2 is 2.11 bits per heavy atom. The molecule has 1 aromatic carbocycles. The monoisotopic (exact) mass is 283 g/mol. The van der Waals surface area contributed by atoms with Gasteiger partial charge in [-0.3, -0.25) is 4.79 Å². The molecule has 0 aromatic heterocycles. The fraction of sp³-hybridized carbons (Fsp3) is 0.500. The minimum Gasteiger partial charge on any atom is -0.508 e. The van der Waals surface area contributed by atoms with Crippen molar-refractivity contribution in [3.8, 4) is 5.75 Å². The van der Waals surface area contributed by atoms with Crippen LogP contribution in [0.3, 0.4) is 0 Å². The van der Waals surface area contributed by atoms with Crippen molar-refractivity contribution in [1.82, 2.24) is 5.32 Å². The Morgan fingerprint density at radius 1 is 1.37 bits per heavy atom. The predicted octanol–water partition coefficient (Wildman–Crippen LogP) is 2.18. The molecule has 0 bridgehead atoms. The first-order chi connectivity index (χ1) is 9.11. The van der Waals surface area contributed by atoms with E-state index in [0.717, 1.165) is 19.3 Å². The van der Waals surface area contributed by atoms with Gasteiger partial charge in [-0.25, -0.2) is 0 Å². The van der Waals surface area contributed by atoms with Crippen LogP contribution in [0.4, 0.5) is 0 Å². The summed E-state index contributed by atoms with van der Waals surface area (Å²) in [6.45, 7) is 0.712. The average molecular weight is 284 g/mol. The summed E-state index contributed by atoms with van der Waals surface area (Å²) in [5, 5.41) is 21.8. The van der Waals surface area contributed by atoms with Gasteiger partial charge in [-0.1, -0.05) is 18.0 Å². The van der Waals surface area contributed by atoms with Gasteiger partial charge >= 0.3 is 0 Å². The maximum atomic E-state index is 12.0. The van der Waals surface area contributed by atoms with E-state index in [9.17, 15) is 15.0 Å².